The first-order chi connectivity index (χ1) is 15.4. The Labute approximate surface area is 206 Å². The summed E-state index contributed by atoms with van der Waals surface area (Å²) in [5.41, 5.74) is 1.35. The predicted molar refractivity (Wildman–Crippen MR) is 143 cm³/mol. The smallest absolute Gasteiger partial charge is 0.127 e. The molecule has 0 aromatic heterocycles. The maximum absolute atomic E-state index is 11.2. The summed E-state index contributed by atoms with van der Waals surface area (Å²) in [4.78, 5) is 0. The molecule has 0 aliphatic carbocycles. The molecule has 0 unspecified atom stereocenters. The van der Waals surface area contributed by atoms with Crippen LogP contribution in [0.25, 0.3) is 11.1 Å². The predicted octanol–water partition coefficient (Wildman–Crippen LogP) is 4.50. The van der Waals surface area contributed by atoms with Crippen LogP contribution >= 0.6 is 15.8 Å². The third-order valence-electron chi connectivity index (χ3n) is 5.37. The lowest BCUT2D eigenvalue weighted by molar-refractivity contribution is 0.133. The van der Waals surface area contributed by atoms with E-state index < -0.39 is 37.2 Å². The van der Waals surface area contributed by atoms with Gasteiger partial charge in [-0.15, -0.1) is 0 Å². The van der Waals surface area contributed by atoms with Crippen molar-refractivity contribution in [2.45, 2.75) is 76.8 Å². The van der Waals surface area contributed by atoms with E-state index in [0.29, 0.717) is 22.6 Å². The minimum absolute atomic E-state index is 0.547. The fourth-order valence-electron chi connectivity index (χ4n) is 4.77. The molecule has 0 spiro atoms. The molecule has 190 valence electrons. The Morgan fingerprint density at radius 2 is 0.794 bits per heavy atom. The molecule has 0 fully saturated rings. The van der Waals surface area contributed by atoms with Gasteiger partial charge in [0, 0.05) is 11.1 Å². The van der Waals surface area contributed by atoms with Crippen molar-refractivity contribution in [3.8, 4) is 22.6 Å². The van der Waals surface area contributed by atoms with Crippen LogP contribution in [-0.2, 0) is 0 Å². The van der Waals surface area contributed by atoms with Gasteiger partial charge in [0.25, 0.3) is 0 Å². The van der Waals surface area contributed by atoms with Crippen molar-refractivity contribution in [2.75, 3.05) is 14.2 Å². The summed E-state index contributed by atoms with van der Waals surface area (Å²) < 4.78 is 11.6. The molecule has 2 aromatic rings. The van der Waals surface area contributed by atoms with Crippen LogP contribution in [0, 0.1) is 0 Å². The molecule has 0 atom stereocenters. The van der Waals surface area contributed by atoms with E-state index in [2.05, 4.69) is 0 Å². The van der Waals surface area contributed by atoms with E-state index in [-0.39, 0.29) is 0 Å². The molecule has 0 aliphatic heterocycles. The molecule has 0 radical (unpaired) electrons. The molecule has 2 aromatic carbocycles. The SMILES string of the molecule is COc1cccc(P(C(C)(C)O)C(C)(C)O)c1-c1c(OC)cccc1P(C(C)(C)O)C(C)(C)O. The fourth-order valence-corrected chi connectivity index (χ4v) is 11.2. The molecule has 0 saturated heterocycles. The van der Waals surface area contributed by atoms with Crippen molar-refractivity contribution >= 4 is 26.5 Å². The number of hydrogen-bond donors (Lipinski definition) is 4. The lowest BCUT2D eigenvalue weighted by atomic mass is 10.0. The summed E-state index contributed by atoms with van der Waals surface area (Å²) >= 11 is 0. The summed E-state index contributed by atoms with van der Waals surface area (Å²) in [5.74, 6) is 1.09. The summed E-state index contributed by atoms with van der Waals surface area (Å²) in [6.07, 6.45) is 0. The van der Waals surface area contributed by atoms with Crippen molar-refractivity contribution in [1.82, 2.24) is 0 Å². The first-order valence-corrected chi connectivity index (χ1v) is 13.9. The van der Waals surface area contributed by atoms with Gasteiger partial charge in [-0.3, -0.25) is 0 Å². The number of rotatable bonds is 9. The Morgan fingerprint density at radius 3 is 1.00 bits per heavy atom. The first-order valence-electron chi connectivity index (χ1n) is 11.2. The highest BCUT2D eigenvalue weighted by atomic mass is 31.1. The number of hydrogen-bond acceptors (Lipinski definition) is 6. The van der Waals surface area contributed by atoms with Crippen LogP contribution in [0.4, 0.5) is 0 Å². The molecule has 2 rings (SSSR count). The lowest BCUT2D eigenvalue weighted by Crippen LogP contribution is -2.37. The number of ether oxygens (including phenoxy) is 2. The number of methoxy groups -OCH3 is 2. The monoisotopic (exact) mass is 510 g/mol. The molecule has 0 amide bonds. The Bertz CT molecular complexity index is 885. The summed E-state index contributed by atoms with van der Waals surface area (Å²) in [7, 11) is 0.0413. The zero-order chi connectivity index (χ0) is 26.3. The van der Waals surface area contributed by atoms with E-state index in [0.717, 1.165) is 10.6 Å². The minimum atomic E-state index is -1.55. The van der Waals surface area contributed by atoms with E-state index in [9.17, 15) is 20.4 Å². The van der Waals surface area contributed by atoms with Gasteiger partial charge in [-0.2, -0.15) is 0 Å². The van der Waals surface area contributed by atoms with Crippen LogP contribution in [0.5, 0.6) is 11.5 Å². The Kier molecular flexibility index (Phi) is 8.53. The molecule has 34 heavy (non-hydrogen) atoms. The zero-order valence-electron chi connectivity index (χ0n) is 22.0. The van der Waals surface area contributed by atoms with Gasteiger partial charge in [0.2, 0.25) is 0 Å². The maximum atomic E-state index is 11.2. The van der Waals surface area contributed by atoms with Gasteiger partial charge < -0.3 is 29.9 Å². The highest BCUT2D eigenvalue weighted by Crippen LogP contribution is 2.61. The summed E-state index contributed by atoms with van der Waals surface area (Å²) in [6, 6.07) is 11.1. The van der Waals surface area contributed by atoms with Crippen LogP contribution in [0.1, 0.15) is 55.4 Å². The molecule has 0 saturated carbocycles. The third kappa shape index (κ3) is 6.10. The standard InChI is InChI=1S/C26H40O6P2/c1-23(2,27)33(24(3,4)28)19-15-11-13-17(31-9)21(19)22-18(32-10)14-12-16-20(22)34(25(5,6)29)26(7,8)30/h11-16,27-30H,1-10H3. The molecule has 8 heteroatoms. The molecular formula is C26H40O6P2. The van der Waals surface area contributed by atoms with Gasteiger partial charge in [0.15, 0.2) is 0 Å². The van der Waals surface area contributed by atoms with E-state index >= 15 is 0 Å². The average molecular weight is 511 g/mol. The van der Waals surface area contributed by atoms with Crippen LogP contribution < -0.4 is 20.1 Å². The van der Waals surface area contributed by atoms with Gasteiger partial charge in [-0.1, -0.05) is 24.3 Å². The average Bonchev–Trinajstić information content (AvgIpc) is 2.63. The lowest BCUT2D eigenvalue weighted by Gasteiger charge is -2.42. The van der Waals surface area contributed by atoms with Crippen LogP contribution in [0.15, 0.2) is 36.4 Å². The zero-order valence-corrected chi connectivity index (χ0v) is 23.8. The van der Waals surface area contributed by atoms with Gasteiger partial charge in [0.05, 0.1) is 35.6 Å². The Morgan fingerprint density at radius 1 is 0.529 bits per heavy atom. The van der Waals surface area contributed by atoms with Crippen molar-refractivity contribution in [3.05, 3.63) is 36.4 Å². The van der Waals surface area contributed by atoms with E-state index in [1.165, 1.54) is 0 Å². The van der Waals surface area contributed by atoms with E-state index in [1.807, 2.05) is 36.4 Å². The van der Waals surface area contributed by atoms with Crippen LogP contribution in [-0.4, -0.2) is 56.0 Å². The number of benzene rings is 2. The molecule has 0 heterocycles. The second-order valence-electron chi connectivity index (χ2n) is 10.4. The van der Waals surface area contributed by atoms with Gasteiger partial charge in [-0.05, 0) is 94.0 Å². The molecular weight excluding hydrogens is 470 g/mol. The number of aliphatic hydroxyl groups is 4. The van der Waals surface area contributed by atoms with Crippen molar-refractivity contribution in [2.24, 2.45) is 0 Å². The van der Waals surface area contributed by atoms with Gasteiger partial charge in [0.1, 0.15) is 11.5 Å². The minimum Gasteiger partial charge on any atom is -0.496 e. The quantitative estimate of drug-likeness (QED) is 0.371. The first kappa shape index (κ1) is 29.0. The fraction of sp³-hybridized carbons (Fsp3) is 0.538. The van der Waals surface area contributed by atoms with Crippen LogP contribution in [0.2, 0.25) is 0 Å². The largest absolute Gasteiger partial charge is 0.496 e. The van der Waals surface area contributed by atoms with Gasteiger partial charge in [-0.25, -0.2) is 0 Å². The Hall–Kier alpha value is -1.26. The molecule has 0 aliphatic rings. The normalized spacial score (nSPS) is 13.5. The molecule has 6 nitrogen and oxygen atoms in total. The van der Waals surface area contributed by atoms with E-state index in [1.54, 1.807) is 69.6 Å². The molecule has 4 N–H and O–H groups in total. The van der Waals surface area contributed by atoms with Crippen molar-refractivity contribution < 1.29 is 29.9 Å². The second-order valence-corrected chi connectivity index (χ2v) is 17.0. The highest BCUT2D eigenvalue weighted by molar-refractivity contribution is 7.69. The summed E-state index contributed by atoms with van der Waals surface area (Å²) in [6.45, 7) is 13.6. The maximum Gasteiger partial charge on any atom is 0.127 e. The Balaban J connectivity index is 3.12. The van der Waals surface area contributed by atoms with Crippen molar-refractivity contribution in [3.63, 3.8) is 0 Å². The second kappa shape index (κ2) is 10.0. The highest BCUT2D eigenvalue weighted by Gasteiger charge is 2.44. The van der Waals surface area contributed by atoms with E-state index in [4.69, 9.17) is 9.47 Å². The topological polar surface area (TPSA) is 99.4 Å². The summed E-state index contributed by atoms with van der Waals surface area (Å²) in [5, 5.41) is 41.4. The third-order valence-corrected chi connectivity index (χ3v) is 11.5. The van der Waals surface area contributed by atoms with Gasteiger partial charge >= 0.3 is 0 Å². The van der Waals surface area contributed by atoms with Crippen molar-refractivity contribution in [1.29, 1.82) is 0 Å². The van der Waals surface area contributed by atoms with Crippen LogP contribution in [0.3, 0.4) is 0 Å². The molecule has 0 bridgehead atoms.